The van der Waals surface area contributed by atoms with Crippen LogP contribution in [0.3, 0.4) is 0 Å². The van der Waals surface area contributed by atoms with Crippen molar-refractivity contribution in [1.82, 2.24) is 15.3 Å². The number of aromatic amines is 1. The molecule has 2 amide bonds. The highest BCUT2D eigenvalue weighted by Crippen LogP contribution is 2.25. The third-order valence-corrected chi connectivity index (χ3v) is 5.86. The van der Waals surface area contributed by atoms with E-state index < -0.39 is 6.04 Å². The van der Waals surface area contributed by atoms with Crippen molar-refractivity contribution in [2.24, 2.45) is 0 Å². The van der Waals surface area contributed by atoms with E-state index in [-0.39, 0.29) is 17.5 Å². The average molecular weight is 449 g/mol. The largest absolute Gasteiger partial charge is 0.497 e. The van der Waals surface area contributed by atoms with Gasteiger partial charge in [-0.1, -0.05) is 18.2 Å². The third kappa shape index (κ3) is 4.70. The van der Waals surface area contributed by atoms with E-state index in [1.807, 2.05) is 30.5 Å². The summed E-state index contributed by atoms with van der Waals surface area (Å²) in [7, 11) is 1.59. The maximum absolute atomic E-state index is 13.0. The molecule has 0 saturated heterocycles. The van der Waals surface area contributed by atoms with Crippen LogP contribution in [0.4, 0.5) is 5.69 Å². The summed E-state index contributed by atoms with van der Waals surface area (Å²) in [5, 5.41) is 7.66. The van der Waals surface area contributed by atoms with Crippen molar-refractivity contribution in [2.75, 3.05) is 24.4 Å². The first-order valence-electron chi connectivity index (χ1n) is 10.2. The number of nitrogens with zero attached hydrogens (tertiary/aromatic N) is 1. The molecule has 32 heavy (non-hydrogen) atoms. The molecule has 8 heteroatoms. The Labute approximate surface area is 189 Å². The molecule has 0 saturated carbocycles. The van der Waals surface area contributed by atoms with Gasteiger partial charge in [0.2, 0.25) is 5.91 Å². The molecule has 0 aliphatic carbocycles. The number of aromatic nitrogens is 2. The van der Waals surface area contributed by atoms with Gasteiger partial charge < -0.3 is 20.4 Å². The van der Waals surface area contributed by atoms with Crippen LogP contribution in [0.1, 0.15) is 16.9 Å². The number of benzene rings is 2. The second kappa shape index (κ2) is 9.74. The summed E-state index contributed by atoms with van der Waals surface area (Å²) < 4.78 is 5.15. The van der Waals surface area contributed by atoms with Gasteiger partial charge in [-0.2, -0.15) is 11.8 Å². The molecule has 0 spiro atoms. The van der Waals surface area contributed by atoms with Crippen molar-refractivity contribution in [3.8, 4) is 5.75 Å². The molecule has 1 atom stereocenters. The summed E-state index contributed by atoms with van der Waals surface area (Å²) in [6.45, 7) is 0. The molecule has 164 valence electrons. The first-order valence-corrected chi connectivity index (χ1v) is 11.6. The first kappa shape index (κ1) is 21.7. The fourth-order valence-electron chi connectivity index (χ4n) is 3.51. The van der Waals surface area contributed by atoms with Gasteiger partial charge in [0.1, 0.15) is 17.5 Å². The van der Waals surface area contributed by atoms with E-state index >= 15 is 0 Å². The number of ether oxygens (including phenoxy) is 1. The molecule has 4 rings (SSSR count). The molecule has 0 aliphatic rings. The Morgan fingerprint density at radius 2 is 1.88 bits per heavy atom. The van der Waals surface area contributed by atoms with Crippen LogP contribution < -0.4 is 15.4 Å². The summed E-state index contributed by atoms with van der Waals surface area (Å²) >= 11 is 1.62. The van der Waals surface area contributed by atoms with Crippen LogP contribution in [0.5, 0.6) is 5.75 Å². The molecule has 2 heterocycles. The van der Waals surface area contributed by atoms with Crippen molar-refractivity contribution in [2.45, 2.75) is 12.5 Å². The zero-order valence-electron chi connectivity index (χ0n) is 17.8. The van der Waals surface area contributed by atoms with E-state index in [4.69, 9.17) is 4.74 Å². The molecule has 0 radical (unpaired) electrons. The van der Waals surface area contributed by atoms with E-state index in [2.05, 4.69) is 20.6 Å². The zero-order valence-corrected chi connectivity index (χ0v) is 18.7. The number of H-pyrrole nitrogens is 1. The number of carbonyl (C=O) groups excluding carboxylic acids is 2. The fourth-order valence-corrected chi connectivity index (χ4v) is 3.99. The second-order valence-corrected chi connectivity index (χ2v) is 8.30. The van der Waals surface area contributed by atoms with Gasteiger partial charge in [-0.25, -0.2) is 4.98 Å². The van der Waals surface area contributed by atoms with Crippen molar-refractivity contribution >= 4 is 51.1 Å². The quantitative estimate of drug-likeness (QED) is 0.375. The van der Waals surface area contributed by atoms with E-state index in [0.717, 1.165) is 27.6 Å². The molecule has 2 aromatic heterocycles. The number of anilines is 1. The van der Waals surface area contributed by atoms with E-state index in [0.29, 0.717) is 17.9 Å². The normalized spacial score (nSPS) is 11.9. The lowest BCUT2D eigenvalue weighted by molar-refractivity contribution is -0.118. The summed E-state index contributed by atoms with van der Waals surface area (Å²) in [4.78, 5) is 33.5. The minimum atomic E-state index is -0.683. The Morgan fingerprint density at radius 1 is 1.09 bits per heavy atom. The molecule has 0 aliphatic heterocycles. The van der Waals surface area contributed by atoms with Gasteiger partial charge in [-0.05, 0) is 54.8 Å². The summed E-state index contributed by atoms with van der Waals surface area (Å²) in [6.07, 6.45) is 4.12. The minimum absolute atomic E-state index is 0.272. The number of hydrogen-bond acceptors (Lipinski definition) is 5. The summed E-state index contributed by atoms with van der Waals surface area (Å²) in [5.41, 5.74) is 2.75. The third-order valence-electron chi connectivity index (χ3n) is 5.21. The number of fused-ring (bicyclic) bond motifs is 3. The van der Waals surface area contributed by atoms with E-state index in [1.165, 1.54) is 0 Å². The van der Waals surface area contributed by atoms with Crippen LogP contribution in [0.25, 0.3) is 21.8 Å². The molecule has 0 fully saturated rings. The fraction of sp³-hybridized carbons (Fsp3) is 0.208. The summed E-state index contributed by atoms with van der Waals surface area (Å²) in [6, 6.07) is 16.0. The van der Waals surface area contributed by atoms with Gasteiger partial charge in [-0.15, -0.1) is 0 Å². The number of methoxy groups -OCH3 is 1. The lowest BCUT2D eigenvalue weighted by atomic mass is 10.1. The lowest BCUT2D eigenvalue weighted by Gasteiger charge is -2.18. The van der Waals surface area contributed by atoms with Crippen LogP contribution in [0, 0.1) is 0 Å². The highest BCUT2D eigenvalue weighted by atomic mass is 32.2. The molecule has 4 aromatic rings. The Balaban J connectivity index is 1.52. The van der Waals surface area contributed by atoms with Crippen LogP contribution in [-0.4, -0.2) is 46.9 Å². The number of rotatable bonds is 8. The molecule has 3 N–H and O–H groups in total. The Morgan fingerprint density at radius 3 is 2.62 bits per heavy atom. The lowest BCUT2D eigenvalue weighted by Crippen LogP contribution is -2.44. The predicted octanol–water partition coefficient (Wildman–Crippen LogP) is 4.21. The highest BCUT2D eigenvalue weighted by molar-refractivity contribution is 7.98. The van der Waals surface area contributed by atoms with Gasteiger partial charge in [0.15, 0.2) is 0 Å². The highest BCUT2D eigenvalue weighted by Gasteiger charge is 2.22. The number of thioether (sulfide) groups is 1. The van der Waals surface area contributed by atoms with Crippen molar-refractivity contribution in [3.05, 3.63) is 66.5 Å². The first-order chi connectivity index (χ1) is 15.6. The van der Waals surface area contributed by atoms with Gasteiger partial charge in [0, 0.05) is 22.0 Å². The SMILES string of the molecule is COc1ccc(NC(=O)C(CCSC)NC(=O)c2cc3c(cn2)[nH]c2ccccc23)cc1. The van der Waals surface area contributed by atoms with Gasteiger partial charge in [0.05, 0.1) is 18.8 Å². The van der Waals surface area contributed by atoms with Gasteiger partial charge in [-0.3, -0.25) is 9.59 Å². The number of carbonyl (C=O) groups is 2. The van der Waals surface area contributed by atoms with Crippen LogP contribution in [0.15, 0.2) is 60.8 Å². The monoisotopic (exact) mass is 448 g/mol. The minimum Gasteiger partial charge on any atom is -0.497 e. The molecule has 1 unspecified atom stereocenters. The average Bonchev–Trinajstić information content (AvgIpc) is 3.20. The maximum Gasteiger partial charge on any atom is 0.270 e. The molecule has 2 aromatic carbocycles. The molecule has 0 bridgehead atoms. The van der Waals surface area contributed by atoms with Crippen LogP contribution in [0.2, 0.25) is 0 Å². The zero-order chi connectivity index (χ0) is 22.5. The van der Waals surface area contributed by atoms with E-state index in [1.54, 1.807) is 55.4 Å². The van der Waals surface area contributed by atoms with E-state index in [9.17, 15) is 9.59 Å². The molecular weight excluding hydrogens is 424 g/mol. The summed E-state index contributed by atoms with van der Waals surface area (Å²) in [5.74, 6) is 0.781. The number of para-hydroxylation sites is 1. The Hall–Kier alpha value is -3.52. The number of pyridine rings is 1. The molecule has 7 nitrogen and oxygen atoms in total. The van der Waals surface area contributed by atoms with Crippen molar-refractivity contribution in [1.29, 1.82) is 0 Å². The van der Waals surface area contributed by atoms with Gasteiger partial charge >= 0.3 is 0 Å². The standard InChI is InChI=1S/C24H24N4O3S/c1-31-16-9-7-15(8-10-16)26-23(29)20(11-12-32-2)28-24(30)21-13-18-17-5-3-4-6-19(17)27-22(18)14-25-21/h3-10,13-14,20,27H,11-12H2,1-2H3,(H,26,29)(H,28,30). The number of hydrogen-bond donors (Lipinski definition) is 3. The Kier molecular flexibility index (Phi) is 6.61. The van der Waals surface area contributed by atoms with Crippen molar-refractivity contribution < 1.29 is 14.3 Å². The second-order valence-electron chi connectivity index (χ2n) is 7.31. The number of nitrogens with one attached hydrogen (secondary N) is 3. The topological polar surface area (TPSA) is 96.1 Å². The van der Waals surface area contributed by atoms with Gasteiger partial charge in [0.25, 0.3) is 5.91 Å². The smallest absolute Gasteiger partial charge is 0.270 e. The maximum atomic E-state index is 13.0. The van der Waals surface area contributed by atoms with Crippen LogP contribution in [-0.2, 0) is 4.79 Å². The van der Waals surface area contributed by atoms with Crippen molar-refractivity contribution in [3.63, 3.8) is 0 Å². The molecular formula is C24H24N4O3S. The Bertz CT molecular complexity index is 1250. The van der Waals surface area contributed by atoms with Crippen LogP contribution >= 0.6 is 11.8 Å². The predicted molar refractivity (Wildman–Crippen MR) is 129 cm³/mol. The number of amides is 2.